The number of aromatic nitrogens is 3. The Morgan fingerprint density at radius 2 is 1.76 bits per heavy atom. The van der Waals surface area contributed by atoms with Gasteiger partial charge in [-0.25, -0.2) is 9.78 Å². The van der Waals surface area contributed by atoms with Gasteiger partial charge in [0.25, 0.3) is 5.91 Å². The maximum absolute atomic E-state index is 12.4. The fraction of sp³-hybridized carbons (Fsp3) is 0.259. The minimum absolute atomic E-state index is 0.0145. The van der Waals surface area contributed by atoms with Crippen molar-refractivity contribution in [3.8, 4) is 11.5 Å². The number of nitrogens with zero attached hydrogens (tertiary/aromatic N) is 2. The first-order chi connectivity index (χ1) is 17.7. The number of nitrogens with one attached hydrogen (secondary N) is 2. The van der Waals surface area contributed by atoms with Crippen LogP contribution in [0.2, 0.25) is 0 Å². The smallest absolute Gasteiger partial charge is 0.371 e. The molecule has 0 radical (unpaired) electrons. The number of imidazole rings is 1. The summed E-state index contributed by atoms with van der Waals surface area (Å²) in [6, 6.07) is 14.6. The Bertz CT molecular complexity index is 1330. The lowest BCUT2D eigenvalue weighted by atomic mass is 9.81. The second kappa shape index (κ2) is 12.0. The zero-order valence-electron chi connectivity index (χ0n) is 21.2. The van der Waals surface area contributed by atoms with E-state index in [1.807, 2.05) is 24.3 Å². The van der Waals surface area contributed by atoms with Crippen molar-refractivity contribution >= 4 is 28.6 Å². The average molecular weight is 506 g/mol. The number of methoxy groups -OCH3 is 2. The lowest BCUT2D eigenvalue weighted by molar-refractivity contribution is 0.0685. The number of amides is 1. The number of hydrogen-bond acceptors (Lipinski definition) is 7. The van der Waals surface area contributed by atoms with Crippen LogP contribution >= 0.6 is 0 Å². The lowest BCUT2D eigenvalue weighted by Crippen LogP contribution is -2.21. The van der Waals surface area contributed by atoms with E-state index in [0.29, 0.717) is 34.6 Å². The number of carboxylic acids is 1. The number of carbonyl (C=O) groups is 2. The van der Waals surface area contributed by atoms with Gasteiger partial charge in [0.2, 0.25) is 5.82 Å². The largest absolute Gasteiger partial charge is 0.493 e. The number of rotatable bonds is 8. The first-order valence-electron chi connectivity index (χ1n) is 11.6. The van der Waals surface area contributed by atoms with E-state index in [1.165, 1.54) is 11.8 Å². The molecule has 10 heteroatoms. The molecular weight excluding hydrogens is 474 g/mol. The second-order valence-corrected chi connectivity index (χ2v) is 8.81. The van der Waals surface area contributed by atoms with Crippen molar-refractivity contribution in [3.05, 3.63) is 77.9 Å². The summed E-state index contributed by atoms with van der Waals surface area (Å²) in [5.41, 5.74) is 9.39. The highest BCUT2D eigenvalue weighted by Gasteiger charge is 2.19. The van der Waals surface area contributed by atoms with Crippen molar-refractivity contribution in [3.63, 3.8) is 0 Å². The van der Waals surface area contributed by atoms with E-state index in [-0.39, 0.29) is 17.1 Å². The quantitative estimate of drug-likeness (QED) is 0.277. The molecule has 0 unspecified atom stereocenters. The van der Waals surface area contributed by atoms with Crippen molar-refractivity contribution in [2.45, 2.75) is 25.7 Å². The highest BCUT2D eigenvalue weighted by atomic mass is 16.5. The van der Waals surface area contributed by atoms with Gasteiger partial charge in [-0.3, -0.25) is 9.78 Å². The molecule has 0 spiro atoms. The molecule has 4 rings (SSSR count). The van der Waals surface area contributed by atoms with Gasteiger partial charge in [0.1, 0.15) is 0 Å². The molecule has 0 fully saturated rings. The fourth-order valence-corrected chi connectivity index (χ4v) is 3.65. The summed E-state index contributed by atoms with van der Waals surface area (Å²) < 4.78 is 10.4. The number of nitrogens with two attached hydrogens (primary N) is 1. The van der Waals surface area contributed by atoms with Crippen LogP contribution in [0.25, 0.3) is 11.0 Å². The molecule has 0 aliphatic rings. The number of benzene rings is 2. The van der Waals surface area contributed by atoms with Crippen LogP contribution in [0, 0.1) is 0 Å². The maximum atomic E-state index is 12.4. The van der Waals surface area contributed by atoms with Crippen LogP contribution in [0.3, 0.4) is 0 Å². The zero-order chi connectivity index (χ0) is 27.0. The number of carboxylic acid groups (broad SMARTS) is 1. The number of fused-ring (bicyclic) bond motifs is 1. The van der Waals surface area contributed by atoms with Crippen molar-refractivity contribution in [1.29, 1.82) is 0 Å². The number of aromatic amines is 1. The Kier molecular flexibility index (Phi) is 8.81. The zero-order valence-corrected chi connectivity index (χ0v) is 21.2. The first-order valence-corrected chi connectivity index (χ1v) is 11.6. The molecule has 2 heterocycles. The van der Waals surface area contributed by atoms with Gasteiger partial charge < -0.3 is 30.6 Å². The maximum Gasteiger partial charge on any atom is 0.371 e. The molecule has 1 amide bonds. The molecular formula is C27H31N5O5. The molecule has 5 N–H and O–H groups in total. The number of H-pyrrole nitrogens is 1. The second-order valence-electron chi connectivity index (χ2n) is 8.81. The van der Waals surface area contributed by atoms with E-state index in [4.69, 9.17) is 20.3 Å². The first kappa shape index (κ1) is 27.2. The van der Waals surface area contributed by atoms with Gasteiger partial charge in [0, 0.05) is 17.4 Å². The number of anilines is 1. The third-order valence-electron chi connectivity index (χ3n) is 5.83. The standard InChI is InChI=1S/C20H26N2O3.C7H5N3O2/c1-20(2,11-12-21)15-6-8-16(9-7-15)22-19(23)14-5-10-17(24-3)18(13-14)25-4;11-7(12)6-9-4-1-2-8-3-5(4)10-6/h5-10,13H,11-12,21H2,1-4H3,(H,22,23);1-3H,(H,9,10)(H,11,12). The van der Waals surface area contributed by atoms with Gasteiger partial charge in [0.15, 0.2) is 11.5 Å². The summed E-state index contributed by atoms with van der Waals surface area (Å²) >= 11 is 0. The molecule has 10 nitrogen and oxygen atoms in total. The van der Waals surface area contributed by atoms with E-state index in [0.717, 1.165) is 12.1 Å². The molecule has 37 heavy (non-hydrogen) atoms. The number of hydrogen-bond donors (Lipinski definition) is 4. The van der Waals surface area contributed by atoms with Gasteiger partial charge >= 0.3 is 5.97 Å². The highest BCUT2D eigenvalue weighted by molar-refractivity contribution is 6.04. The molecule has 2 aromatic carbocycles. The van der Waals surface area contributed by atoms with Gasteiger partial charge in [-0.1, -0.05) is 26.0 Å². The molecule has 0 aliphatic carbocycles. The minimum atomic E-state index is -1.06. The predicted octanol–water partition coefficient (Wildman–Crippen LogP) is 4.24. The normalized spacial score (nSPS) is 10.8. The van der Waals surface area contributed by atoms with E-state index >= 15 is 0 Å². The van der Waals surface area contributed by atoms with E-state index in [1.54, 1.807) is 44.7 Å². The third kappa shape index (κ3) is 6.83. The van der Waals surface area contributed by atoms with Crippen molar-refractivity contribution in [2.75, 3.05) is 26.1 Å². The number of pyridine rings is 1. The van der Waals surface area contributed by atoms with Crippen LogP contribution in [0.1, 0.15) is 46.8 Å². The summed E-state index contributed by atoms with van der Waals surface area (Å²) in [5.74, 6) is -0.210. The lowest BCUT2D eigenvalue weighted by Gasteiger charge is -2.24. The summed E-state index contributed by atoms with van der Waals surface area (Å²) in [4.78, 5) is 33.2. The SMILES string of the molecule is COc1ccc(C(=O)Nc2ccc(C(C)(C)CCN)cc2)cc1OC.O=C(O)c1nc2ccncc2[nH]1. The highest BCUT2D eigenvalue weighted by Crippen LogP contribution is 2.29. The molecule has 0 saturated heterocycles. The summed E-state index contributed by atoms with van der Waals surface area (Å²) in [5, 5.41) is 11.5. The molecule has 0 saturated carbocycles. The van der Waals surface area contributed by atoms with Crippen molar-refractivity contribution in [2.24, 2.45) is 5.73 Å². The monoisotopic (exact) mass is 505 g/mol. The number of ether oxygens (including phenoxy) is 2. The summed E-state index contributed by atoms with van der Waals surface area (Å²) in [7, 11) is 3.10. The molecule has 2 aromatic heterocycles. The molecule has 194 valence electrons. The molecule has 0 aliphatic heterocycles. The van der Waals surface area contributed by atoms with E-state index in [9.17, 15) is 9.59 Å². The van der Waals surface area contributed by atoms with Crippen LogP contribution < -0.4 is 20.5 Å². The third-order valence-corrected chi connectivity index (χ3v) is 5.83. The number of aromatic carboxylic acids is 1. The van der Waals surface area contributed by atoms with Crippen LogP contribution in [0.4, 0.5) is 5.69 Å². The Balaban J connectivity index is 0.000000262. The van der Waals surface area contributed by atoms with Crippen LogP contribution in [0.5, 0.6) is 11.5 Å². The average Bonchev–Trinajstić information content (AvgIpc) is 3.34. The number of carbonyl (C=O) groups excluding carboxylic acids is 1. The van der Waals surface area contributed by atoms with Gasteiger partial charge in [0.05, 0.1) is 31.4 Å². The Morgan fingerprint density at radius 1 is 1.05 bits per heavy atom. The summed E-state index contributed by atoms with van der Waals surface area (Å²) in [6.07, 6.45) is 4.01. The molecule has 0 atom stereocenters. The van der Waals surface area contributed by atoms with Crippen LogP contribution in [-0.4, -0.2) is 52.7 Å². The van der Waals surface area contributed by atoms with Crippen LogP contribution in [0.15, 0.2) is 60.9 Å². The van der Waals surface area contributed by atoms with Gasteiger partial charge in [-0.15, -0.1) is 0 Å². The van der Waals surface area contributed by atoms with Crippen LogP contribution in [-0.2, 0) is 5.41 Å². The summed E-state index contributed by atoms with van der Waals surface area (Å²) in [6.45, 7) is 4.97. The Labute approximate surface area is 214 Å². The van der Waals surface area contributed by atoms with Gasteiger partial charge in [-0.2, -0.15) is 0 Å². The Morgan fingerprint density at radius 3 is 2.35 bits per heavy atom. The minimum Gasteiger partial charge on any atom is -0.493 e. The van der Waals surface area contributed by atoms with E-state index < -0.39 is 5.97 Å². The van der Waals surface area contributed by atoms with Crippen molar-refractivity contribution in [1.82, 2.24) is 15.0 Å². The van der Waals surface area contributed by atoms with E-state index in [2.05, 4.69) is 34.1 Å². The topological polar surface area (TPSA) is 152 Å². The predicted molar refractivity (Wildman–Crippen MR) is 141 cm³/mol. The molecule has 0 bridgehead atoms. The van der Waals surface area contributed by atoms with Gasteiger partial charge in [-0.05, 0) is 60.3 Å². The van der Waals surface area contributed by atoms with Crippen molar-refractivity contribution < 1.29 is 24.2 Å². The fourth-order valence-electron chi connectivity index (χ4n) is 3.65. The molecule has 4 aromatic rings. The Hall–Kier alpha value is -4.44.